The maximum Gasteiger partial charge on any atom is 0.319 e. The number of amides is 1. The first-order valence-electron chi connectivity index (χ1n) is 12.7. The fraction of sp³-hybridized carbons (Fsp3) is 0.321. The van der Waals surface area contributed by atoms with E-state index in [1.807, 2.05) is 0 Å². The quantitative estimate of drug-likeness (QED) is 0.341. The average molecular weight is 555 g/mol. The van der Waals surface area contributed by atoms with E-state index in [2.05, 4.69) is 27.9 Å². The van der Waals surface area contributed by atoms with Gasteiger partial charge in [0.2, 0.25) is 0 Å². The molecule has 0 bridgehead atoms. The van der Waals surface area contributed by atoms with Gasteiger partial charge in [-0.2, -0.15) is 9.97 Å². The van der Waals surface area contributed by atoms with Gasteiger partial charge in [-0.3, -0.25) is 4.79 Å². The number of aryl methyl sites for hydroxylation is 1. The van der Waals surface area contributed by atoms with Crippen molar-refractivity contribution in [3.63, 3.8) is 0 Å². The smallest absolute Gasteiger partial charge is 0.319 e. The highest BCUT2D eigenvalue weighted by atomic mass is 32.1. The van der Waals surface area contributed by atoms with E-state index >= 15 is 0 Å². The Bertz CT molecular complexity index is 1450. The maximum atomic E-state index is 13.6. The number of carbonyl (C=O) groups is 1. The minimum Gasteiger partial charge on any atom is -0.461 e. The summed E-state index contributed by atoms with van der Waals surface area (Å²) in [5.74, 6) is -0.717. The number of nitrogens with zero attached hydrogens (tertiary/aromatic N) is 4. The number of benzene rings is 2. The molecule has 1 aliphatic rings. The second-order valence-electron chi connectivity index (χ2n) is 9.28. The number of piperazine rings is 1. The molecule has 39 heavy (non-hydrogen) atoms. The lowest BCUT2D eigenvalue weighted by atomic mass is 10.0. The van der Waals surface area contributed by atoms with Crippen LogP contribution in [-0.2, 0) is 6.42 Å². The molecule has 0 spiro atoms. The number of ether oxygens (including phenoxy) is 1. The molecule has 1 saturated heterocycles. The van der Waals surface area contributed by atoms with Crippen LogP contribution in [0, 0.1) is 11.6 Å². The third-order valence-corrected chi connectivity index (χ3v) is 7.73. The summed E-state index contributed by atoms with van der Waals surface area (Å²) in [5, 5.41) is 19.6. The van der Waals surface area contributed by atoms with Gasteiger partial charge in [0.05, 0.1) is 12.0 Å². The zero-order valence-corrected chi connectivity index (χ0v) is 22.1. The lowest BCUT2D eigenvalue weighted by molar-refractivity contribution is 0.0506. The van der Waals surface area contributed by atoms with Crippen LogP contribution in [0.25, 0.3) is 21.3 Å². The van der Waals surface area contributed by atoms with Crippen molar-refractivity contribution in [2.75, 3.05) is 44.3 Å². The summed E-state index contributed by atoms with van der Waals surface area (Å²) in [6.07, 6.45) is -0.171. The first kappa shape index (κ1) is 26.9. The van der Waals surface area contributed by atoms with Gasteiger partial charge in [-0.1, -0.05) is 19.1 Å². The van der Waals surface area contributed by atoms with Gasteiger partial charge in [-0.05, 0) is 47.9 Å². The van der Waals surface area contributed by atoms with E-state index in [9.17, 15) is 18.7 Å². The maximum absolute atomic E-state index is 13.6. The third kappa shape index (κ3) is 6.00. The number of hydrogen-bond donors (Lipinski definition) is 2. The molecule has 1 atom stereocenters. The van der Waals surface area contributed by atoms with Crippen LogP contribution in [0.2, 0.25) is 0 Å². The van der Waals surface area contributed by atoms with Gasteiger partial charge in [0.25, 0.3) is 5.91 Å². The van der Waals surface area contributed by atoms with Gasteiger partial charge in [0, 0.05) is 42.7 Å². The van der Waals surface area contributed by atoms with Crippen molar-refractivity contribution in [3.05, 3.63) is 70.6 Å². The van der Waals surface area contributed by atoms with E-state index in [4.69, 9.17) is 9.84 Å². The Balaban J connectivity index is 1.29. The molecule has 4 aromatic rings. The summed E-state index contributed by atoms with van der Waals surface area (Å²) in [7, 11) is 0. The normalized spacial score (nSPS) is 14.6. The Morgan fingerprint density at radius 1 is 1.03 bits per heavy atom. The van der Waals surface area contributed by atoms with Crippen LogP contribution in [0.1, 0.15) is 22.2 Å². The minimum atomic E-state index is -1.03. The minimum absolute atomic E-state index is 0.120. The molecule has 8 nitrogen and oxygen atoms in total. The zero-order chi connectivity index (χ0) is 27.5. The summed E-state index contributed by atoms with van der Waals surface area (Å²) in [6.45, 7) is 3.58. The Labute approximate surface area is 228 Å². The number of anilines is 1. The number of halogens is 2. The molecule has 0 aliphatic carbocycles. The molecule has 5 rings (SSSR count). The second-order valence-corrected chi connectivity index (χ2v) is 10.4. The summed E-state index contributed by atoms with van der Waals surface area (Å²) < 4.78 is 32.7. The number of aromatic nitrogens is 2. The number of aliphatic hydroxyl groups is 2. The Morgan fingerprint density at radius 3 is 2.36 bits per heavy atom. The lowest BCUT2D eigenvalue weighted by Gasteiger charge is -2.35. The molecule has 204 valence electrons. The van der Waals surface area contributed by atoms with Gasteiger partial charge in [0.15, 0.2) is 0 Å². The molecule has 0 saturated carbocycles. The van der Waals surface area contributed by atoms with E-state index in [1.54, 1.807) is 40.5 Å². The highest BCUT2D eigenvalue weighted by Crippen LogP contribution is 2.33. The van der Waals surface area contributed by atoms with Crippen LogP contribution in [0.5, 0.6) is 6.01 Å². The number of aliphatic hydroxyl groups excluding tert-OH is 2. The Kier molecular flexibility index (Phi) is 8.01. The number of rotatable bonds is 8. The third-order valence-electron chi connectivity index (χ3n) is 6.56. The number of carbonyl (C=O) groups excluding carboxylic acids is 1. The van der Waals surface area contributed by atoms with Crippen LogP contribution >= 0.6 is 11.3 Å². The van der Waals surface area contributed by atoms with Crippen molar-refractivity contribution in [3.8, 4) is 17.1 Å². The molecule has 0 radical (unpaired) electrons. The molecular weight excluding hydrogens is 526 g/mol. The van der Waals surface area contributed by atoms with Crippen molar-refractivity contribution >= 4 is 33.3 Å². The molecule has 2 aromatic carbocycles. The molecule has 1 aliphatic heterocycles. The van der Waals surface area contributed by atoms with Crippen molar-refractivity contribution in [1.29, 1.82) is 0 Å². The topological polar surface area (TPSA) is 99.0 Å². The van der Waals surface area contributed by atoms with E-state index in [1.165, 1.54) is 12.1 Å². The molecule has 1 amide bonds. The fourth-order valence-electron chi connectivity index (χ4n) is 4.47. The molecule has 2 N–H and O–H groups in total. The summed E-state index contributed by atoms with van der Waals surface area (Å²) in [6, 6.07) is 12.3. The van der Waals surface area contributed by atoms with E-state index in [-0.39, 0.29) is 18.5 Å². The molecule has 0 unspecified atom stereocenters. The predicted molar refractivity (Wildman–Crippen MR) is 145 cm³/mol. The van der Waals surface area contributed by atoms with Gasteiger partial charge in [-0.15, -0.1) is 11.3 Å². The molecular formula is C28H28F2N4O4S. The fourth-order valence-corrected chi connectivity index (χ4v) is 5.42. The van der Waals surface area contributed by atoms with Crippen molar-refractivity contribution < 1.29 is 28.5 Å². The molecule has 3 heterocycles. The lowest BCUT2D eigenvalue weighted by Crippen LogP contribution is -2.49. The summed E-state index contributed by atoms with van der Waals surface area (Å²) >= 11 is 1.56. The van der Waals surface area contributed by atoms with Gasteiger partial charge < -0.3 is 24.7 Å². The highest BCUT2D eigenvalue weighted by molar-refractivity contribution is 7.18. The van der Waals surface area contributed by atoms with Gasteiger partial charge >= 0.3 is 6.01 Å². The first-order valence-corrected chi connectivity index (χ1v) is 13.5. The van der Waals surface area contributed by atoms with Gasteiger partial charge in [0.1, 0.15) is 35.0 Å². The monoisotopic (exact) mass is 554 g/mol. The van der Waals surface area contributed by atoms with Crippen LogP contribution in [-0.4, -0.2) is 76.5 Å². The summed E-state index contributed by atoms with van der Waals surface area (Å²) in [4.78, 5) is 28.1. The highest BCUT2D eigenvalue weighted by Gasteiger charge is 2.26. The Morgan fingerprint density at radius 2 is 1.72 bits per heavy atom. The molecule has 11 heteroatoms. The molecule has 1 fully saturated rings. The van der Waals surface area contributed by atoms with Crippen LogP contribution < -0.4 is 9.64 Å². The van der Waals surface area contributed by atoms with Gasteiger partial charge in [-0.25, -0.2) is 8.78 Å². The first-order chi connectivity index (χ1) is 18.8. The second kappa shape index (κ2) is 11.6. The van der Waals surface area contributed by atoms with Crippen molar-refractivity contribution in [2.45, 2.75) is 19.4 Å². The van der Waals surface area contributed by atoms with E-state index in [0.717, 1.165) is 27.6 Å². The van der Waals surface area contributed by atoms with Crippen molar-refractivity contribution in [1.82, 2.24) is 14.9 Å². The standard InChI is InChI=1S/C28H28F2N4O4S/c1-2-23-14-24-25(31-28(32-26(24)39-23)38-16-22(36)15-35)33-7-9-34(10-8-33)27(37)18-5-3-17(4-6-18)19-11-20(29)13-21(30)12-19/h3-6,11-14,22,35-36H,2,7-10,15-16H2,1H3/t22-/m1/s1. The largest absolute Gasteiger partial charge is 0.461 e. The van der Waals surface area contributed by atoms with Crippen LogP contribution in [0.3, 0.4) is 0 Å². The van der Waals surface area contributed by atoms with E-state index < -0.39 is 24.3 Å². The Hall–Kier alpha value is -3.67. The number of hydrogen-bond acceptors (Lipinski definition) is 8. The predicted octanol–water partition coefficient (Wildman–Crippen LogP) is 3.89. The molecule has 2 aromatic heterocycles. The van der Waals surface area contributed by atoms with E-state index in [0.29, 0.717) is 48.7 Å². The van der Waals surface area contributed by atoms with Crippen LogP contribution in [0.15, 0.2) is 48.5 Å². The number of fused-ring (bicyclic) bond motifs is 1. The van der Waals surface area contributed by atoms with Crippen LogP contribution in [0.4, 0.5) is 14.6 Å². The zero-order valence-electron chi connectivity index (χ0n) is 21.3. The average Bonchev–Trinajstić information content (AvgIpc) is 3.38. The SMILES string of the molecule is CCc1cc2c(N3CCN(C(=O)c4ccc(-c5cc(F)cc(F)c5)cc4)CC3)nc(OC[C@H](O)CO)nc2s1. The van der Waals surface area contributed by atoms with Crippen molar-refractivity contribution in [2.24, 2.45) is 0 Å². The summed E-state index contributed by atoms with van der Waals surface area (Å²) in [5.41, 5.74) is 1.52. The number of thiophene rings is 1.